The van der Waals surface area contributed by atoms with Gasteiger partial charge in [-0.2, -0.15) is 0 Å². The average molecular weight is 581 g/mol. The molecule has 1 saturated carbocycles. The first kappa shape index (κ1) is 33.8. The van der Waals surface area contributed by atoms with Crippen molar-refractivity contribution in [3.8, 4) is 11.1 Å². The van der Waals surface area contributed by atoms with E-state index in [0.717, 1.165) is 80.9 Å². The summed E-state index contributed by atoms with van der Waals surface area (Å²) < 4.78 is 21.9. The molecule has 1 N–H and O–H groups in total. The molecule has 1 fully saturated rings. The Morgan fingerprint density at radius 3 is 1.93 bits per heavy atom. The standard InChI is InChI=1S/C37H53FO4/c1-4-6-8-11-15-28(3)42-35(39)32-25-23-30(24-26-32)29-19-21-31(22-20-29)33(16-12-9-7-5-2)27-37(38,36(40)41)34-17-13-10-14-18-34/h19-26,28,33-34H,4-18,27H2,1-3H3,(H,40,41)/t28-,33?,37+/m1/s1. The van der Waals surface area contributed by atoms with Crippen molar-refractivity contribution in [2.45, 2.75) is 141 Å². The van der Waals surface area contributed by atoms with Crippen LogP contribution in [0.15, 0.2) is 48.5 Å². The first-order chi connectivity index (χ1) is 20.3. The van der Waals surface area contributed by atoms with Gasteiger partial charge in [-0.15, -0.1) is 0 Å². The quantitative estimate of drug-likeness (QED) is 0.141. The number of ether oxygens (including phenoxy) is 1. The first-order valence-electron chi connectivity index (χ1n) is 16.6. The van der Waals surface area contributed by atoms with Crippen molar-refractivity contribution in [3.05, 3.63) is 59.7 Å². The number of unbranched alkanes of at least 4 members (excludes halogenated alkanes) is 6. The molecule has 4 nitrogen and oxygen atoms in total. The lowest BCUT2D eigenvalue weighted by molar-refractivity contribution is -0.157. The molecule has 0 saturated heterocycles. The minimum Gasteiger partial charge on any atom is -0.479 e. The molecular formula is C37H53FO4. The van der Waals surface area contributed by atoms with E-state index >= 15 is 4.39 Å². The van der Waals surface area contributed by atoms with Gasteiger partial charge in [0.25, 0.3) is 0 Å². The predicted molar refractivity (Wildman–Crippen MR) is 170 cm³/mol. The highest BCUT2D eigenvalue weighted by Crippen LogP contribution is 2.43. The van der Waals surface area contributed by atoms with Gasteiger partial charge in [-0.05, 0) is 80.2 Å². The van der Waals surface area contributed by atoms with E-state index in [4.69, 9.17) is 4.74 Å². The third kappa shape index (κ3) is 9.95. The molecule has 232 valence electrons. The van der Waals surface area contributed by atoms with E-state index in [9.17, 15) is 14.7 Å². The summed E-state index contributed by atoms with van der Waals surface area (Å²) in [7, 11) is 0. The van der Waals surface area contributed by atoms with Crippen LogP contribution in [0.1, 0.15) is 145 Å². The highest BCUT2D eigenvalue weighted by atomic mass is 19.1. The monoisotopic (exact) mass is 580 g/mol. The molecule has 42 heavy (non-hydrogen) atoms. The lowest BCUT2D eigenvalue weighted by Crippen LogP contribution is -2.44. The Labute approximate surface area is 253 Å². The summed E-state index contributed by atoms with van der Waals surface area (Å²) >= 11 is 0. The lowest BCUT2D eigenvalue weighted by Gasteiger charge is -2.35. The molecule has 0 amide bonds. The van der Waals surface area contributed by atoms with Gasteiger partial charge in [0.05, 0.1) is 11.7 Å². The minimum atomic E-state index is -2.19. The second-order valence-corrected chi connectivity index (χ2v) is 12.5. The second-order valence-electron chi connectivity index (χ2n) is 12.5. The average Bonchev–Trinajstić information content (AvgIpc) is 3.01. The van der Waals surface area contributed by atoms with Crippen LogP contribution < -0.4 is 0 Å². The zero-order chi connectivity index (χ0) is 30.4. The molecule has 1 aliphatic carbocycles. The number of hydrogen-bond acceptors (Lipinski definition) is 3. The van der Waals surface area contributed by atoms with Crippen molar-refractivity contribution in [2.75, 3.05) is 0 Å². The van der Waals surface area contributed by atoms with Crippen molar-refractivity contribution in [1.29, 1.82) is 0 Å². The van der Waals surface area contributed by atoms with Gasteiger partial charge in [0.1, 0.15) is 0 Å². The molecule has 2 aromatic rings. The third-order valence-electron chi connectivity index (χ3n) is 9.17. The number of alkyl halides is 1. The van der Waals surface area contributed by atoms with E-state index in [2.05, 4.69) is 13.8 Å². The SMILES string of the molecule is CCCCCCC(C[C@@](F)(C(=O)O)C1CCCCC1)c1ccc(-c2ccc(C(=O)O[C@H](C)CCCCCC)cc2)cc1. The number of carboxylic acid groups (broad SMARTS) is 1. The van der Waals surface area contributed by atoms with Crippen molar-refractivity contribution < 1.29 is 23.8 Å². The molecular weight excluding hydrogens is 527 g/mol. The summed E-state index contributed by atoms with van der Waals surface area (Å²) in [6.07, 6.45) is 14.7. The second kappa shape index (κ2) is 17.4. The van der Waals surface area contributed by atoms with Gasteiger partial charge in [-0.3, -0.25) is 0 Å². The number of aliphatic carboxylic acids is 1. The van der Waals surface area contributed by atoms with Crippen molar-refractivity contribution in [3.63, 3.8) is 0 Å². The topological polar surface area (TPSA) is 63.6 Å². The number of hydrogen-bond donors (Lipinski definition) is 1. The van der Waals surface area contributed by atoms with E-state index < -0.39 is 17.6 Å². The molecule has 1 aliphatic rings. The summed E-state index contributed by atoms with van der Waals surface area (Å²) in [6, 6.07) is 15.6. The third-order valence-corrected chi connectivity index (χ3v) is 9.17. The van der Waals surface area contributed by atoms with E-state index in [-0.39, 0.29) is 24.4 Å². The number of benzene rings is 2. The summed E-state index contributed by atoms with van der Waals surface area (Å²) in [4.78, 5) is 24.9. The Morgan fingerprint density at radius 2 is 1.38 bits per heavy atom. The van der Waals surface area contributed by atoms with Crippen LogP contribution in [0.2, 0.25) is 0 Å². The fraction of sp³-hybridized carbons (Fsp3) is 0.622. The molecule has 0 bridgehead atoms. The fourth-order valence-electron chi connectivity index (χ4n) is 6.47. The Hall–Kier alpha value is -2.69. The fourth-order valence-corrected chi connectivity index (χ4v) is 6.47. The zero-order valence-electron chi connectivity index (χ0n) is 26.2. The van der Waals surface area contributed by atoms with Crippen LogP contribution in [0.25, 0.3) is 11.1 Å². The molecule has 1 unspecified atom stereocenters. The van der Waals surface area contributed by atoms with Crippen LogP contribution in [-0.2, 0) is 9.53 Å². The van der Waals surface area contributed by atoms with Crippen molar-refractivity contribution >= 4 is 11.9 Å². The number of halogens is 1. The summed E-state index contributed by atoms with van der Waals surface area (Å²) in [5.74, 6) is -2.14. The smallest absolute Gasteiger partial charge is 0.341 e. The Balaban J connectivity index is 1.69. The van der Waals surface area contributed by atoms with Crippen LogP contribution >= 0.6 is 0 Å². The molecule has 0 radical (unpaired) electrons. The number of esters is 1. The van der Waals surface area contributed by atoms with Crippen LogP contribution in [0.3, 0.4) is 0 Å². The highest BCUT2D eigenvalue weighted by molar-refractivity contribution is 5.90. The Morgan fingerprint density at radius 1 is 0.833 bits per heavy atom. The summed E-state index contributed by atoms with van der Waals surface area (Å²) in [6.45, 7) is 6.31. The van der Waals surface area contributed by atoms with Crippen LogP contribution in [-0.4, -0.2) is 28.8 Å². The summed E-state index contributed by atoms with van der Waals surface area (Å²) in [5, 5.41) is 10.0. The van der Waals surface area contributed by atoms with Crippen LogP contribution in [0, 0.1) is 5.92 Å². The van der Waals surface area contributed by atoms with E-state index in [1.807, 2.05) is 43.3 Å². The molecule has 2 aromatic carbocycles. The number of carbonyl (C=O) groups excluding carboxylic acids is 1. The van der Waals surface area contributed by atoms with Gasteiger partial charge in [-0.1, -0.05) is 114 Å². The van der Waals surface area contributed by atoms with Gasteiger partial charge in [-0.25, -0.2) is 14.0 Å². The van der Waals surface area contributed by atoms with Crippen LogP contribution in [0.4, 0.5) is 4.39 Å². The maximum absolute atomic E-state index is 16.3. The summed E-state index contributed by atoms with van der Waals surface area (Å²) in [5.41, 5.74) is 1.34. The van der Waals surface area contributed by atoms with Crippen molar-refractivity contribution in [2.24, 2.45) is 5.92 Å². The van der Waals surface area contributed by atoms with Gasteiger partial charge in [0.15, 0.2) is 0 Å². The molecule has 0 spiro atoms. The first-order valence-corrected chi connectivity index (χ1v) is 16.6. The van der Waals surface area contributed by atoms with E-state index in [0.29, 0.717) is 18.4 Å². The van der Waals surface area contributed by atoms with Crippen LogP contribution in [0.5, 0.6) is 0 Å². The molecule has 3 rings (SSSR count). The molecule has 3 atom stereocenters. The Kier molecular flexibility index (Phi) is 14.0. The number of rotatable bonds is 18. The minimum absolute atomic E-state index is 0.0340. The number of carbonyl (C=O) groups is 2. The molecule has 0 aliphatic heterocycles. The van der Waals surface area contributed by atoms with Gasteiger partial charge >= 0.3 is 11.9 Å². The molecule has 0 heterocycles. The van der Waals surface area contributed by atoms with Crippen molar-refractivity contribution in [1.82, 2.24) is 0 Å². The highest BCUT2D eigenvalue weighted by Gasteiger charge is 2.48. The normalized spacial score (nSPS) is 16.9. The Bertz CT molecular complexity index is 1070. The molecule has 0 aromatic heterocycles. The lowest BCUT2D eigenvalue weighted by atomic mass is 9.72. The van der Waals surface area contributed by atoms with Gasteiger partial charge < -0.3 is 9.84 Å². The van der Waals surface area contributed by atoms with E-state index in [1.54, 1.807) is 12.1 Å². The maximum atomic E-state index is 16.3. The largest absolute Gasteiger partial charge is 0.479 e. The number of carboxylic acids is 1. The zero-order valence-corrected chi connectivity index (χ0v) is 26.2. The van der Waals surface area contributed by atoms with E-state index in [1.165, 1.54) is 19.3 Å². The molecule has 5 heteroatoms. The van der Waals surface area contributed by atoms with Gasteiger partial charge in [0.2, 0.25) is 5.67 Å². The predicted octanol–water partition coefficient (Wildman–Crippen LogP) is 10.7. The van der Waals surface area contributed by atoms with Gasteiger partial charge in [0, 0.05) is 5.92 Å². The maximum Gasteiger partial charge on any atom is 0.341 e.